The second-order valence-electron chi connectivity index (χ2n) is 6.48. The number of hydrogen-bond acceptors (Lipinski definition) is 5. The van der Waals surface area contributed by atoms with Crippen molar-refractivity contribution in [2.24, 2.45) is 5.92 Å². The lowest BCUT2D eigenvalue weighted by Gasteiger charge is -2.17. The van der Waals surface area contributed by atoms with E-state index >= 15 is 0 Å². The van der Waals surface area contributed by atoms with E-state index in [4.69, 9.17) is 4.74 Å². The number of anilines is 2. The van der Waals surface area contributed by atoms with Gasteiger partial charge in [-0.1, -0.05) is 0 Å². The number of rotatable bonds is 5. The first kappa shape index (κ1) is 17.7. The third-order valence-corrected chi connectivity index (χ3v) is 4.70. The van der Waals surface area contributed by atoms with Crippen molar-refractivity contribution in [1.29, 1.82) is 0 Å². The van der Waals surface area contributed by atoms with E-state index in [2.05, 4.69) is 15.4 Å². The highest BCUT2D eigenvalue weighted by molar-refractivity contribution is 6.03. The Balaban J connectivity index is 1.40. The number of hydrogen-bond donors (Lipinski definition) is 1. The maximum absolute atomic E-state index is 12.6. The number of carbonyl (C=O) groups is 2. The molecule has 3 aromatic rings. The van der Waals surface area contributed by atoms with Crippen LogP contribution >= 0.6 is 0 Å². The molecule has 1 fully saturated rings. The maximum atomic E-state index is 12.6. The Morgan fingerprint density at radius 1 is 1.11 bits per heavy atom. The highest BCUT2D eigenvalue weighted by Gasteiger charge is 2.35. The molecule has 1 unspecified atom stereocenters. The lowest BCUT2D eigenvalue weighted by molar-refractivity contribution is -0.122. The van der Waals surface area contributed by atoms with E-state index < -0.39 is 5.92 Å². The first-order valence-electron chi connectivity index (χ1n) is 8.84. The van der Waals surface area contributed by atoms with Crippen LogP contribution in [0.4, 0.5) is 11.4 Å². The smallest absolute Gasteiger partial charge is 0.229 e. The van der Waals surface area contributed by atoms with Crippen LogP contribution in [0.15, 0.2) is 61.2 Å². The highest BCUT2D eigenvalue weighted by Crippen LogP contribution is 2.27. The van der Waals surface area contributed by atoms with Crippen LogP contribution in [0.3, 0.4) is 0 Å². The molecule has 2 aromatic carbocycles. The molecule has 28 heavy (non-hydrogen) atoms. The van der Waals surface area contributed by atoms with Gasteiger partial charge in [-0.2, -0.15) is 5.10 Å². The predicted molar refractivity (Wildman–Crippen MR) is 103 cm³/mol. The molecule has 142 valence electrons. The number of methoxy groups -OCH3 is 1. The monoisotopic (exact) mass is 377 g/mol. The molecule has 1 N–H and O–H groups in total. The summed E-state index contributed by atoms with van der Waals surface area (Å²) in [5, 5.41) is 6.95. The molecule has 1 aliphatic rings. The molecule has 0 spiro atoms. The van der Waals surface area contributed by atoms with Crippen molar-refractivity contribution in [2.75, 3.05) is 23.9 Å². The van der Waals surface area contributed by atoms with Gasteiger partial charge in [0.15, 0.2) is 0 Å². The van der Waals surface area contributed by atoms with Gasteiger partial charge in [0.1, 0.15) is 18.4 Å². The van der Waals surface area contributed by atoms with E-state index in [9.17, 15) is 9.59 Å². The topological polar surface area (TPSA) is 89.3 Å². The molecular weight excluding hydrogens is 358 g/mol. The molecule has 2 amide bonds. The summed E-state index contributed by atoms with van der Waals surface area (Å²) in [6, 6.07) is 14.5. The molecule has 0 aliphatic carbocycles. The predicted octanol–water partition coefficient (Wildman–Crippen LogP) is 2.27. The van der Waals surface area contributed by atoms with Gasteiger partial charge in [0.05, 0.1) is 18.7 Å². The fraction of sp³-hybridized carbons (Fsp3) is 0.200. The van der Waals surface area contributed by atoms with Crippen LogP contribution in [0, 0.1) is 5.92 Å². The van der Waals surface area contributed by atoms with Gasteiger partial charge in [-0.25, -0.2) is 9.67 Å². The van der Waals surface area contributed by atoms with E-state index in [1.807, 2.05) is 24.3 Å². The molecular formula is C20H19N5O3. The minimum atomic E-state index is -0.399. The number of ether oxygens (including phenoxy) is 1. The van der Waals surface area contributed by atoms with Gasteiger partial charge in [0, 0.05) is 24.3 Å². The van der Waals surface area contributed by atoms with Crippen LogP contribution in [0.25, 0.3) is 5.69 Å². The highest BCUT2D eigenvalue weighted by atomic mass is 16.5. The van der Waals surface area contributed by atoms with Gasteiger partial charge < -0.3 is 15.0 Å². The number of carbonyl (C=O) groups excluding carboxylic acids is 2. The molecule has 1 saturated heterocycles. The van der Waals surface area contributed by atoms with Crippen molar-refractivity contribution in [2.45, 2.75) is 6.42 Å². The van der Waals surface area contributed by atoms with Crippen molar-refractivity contribution in [3.8, 4) is 11.4 Å². The second kappa shape index (κ2) is 7.51. The zero-order valence-electron chi connectivity index (χ0n) is 15.3. The molecule has 8 nitrogen and oxygen atoms in total. The summed E-state index contributed by atoms with van der Waals surface area (Å²) in [5.74, 6) is 0.0911. The number of amides is 2. The summed E-state index contributed by atoms with van der Waals surface area (Å²) in [7, 11) is 1.59. The van der Waals surface area contributed by atoms with Gasteiger partial charge in [-0.3, -0.25) is 9.59 Å². The van der Waals surface area contributed by atoms with E-state index in [0.717, 1.165) is 17.1 Å². The summed E-state index contributed by atoms with van der Waals surface area (Å²) in [4.78, 5) is 30.5. The third kappa shape index (κ3) is 3.57. The molecule has 0 bridgehead atoms. The van der Waals surface area contributed by atoms with Gasteiger partial charge in [0.2, 0.25) is 11.8 Å². The molecule has 8 heteroatoms. The fourth-order valence-corrected chi connectivity index (χ4v) is 3.18. The Morgan fingerprint density at radius 2 is 1.82 bits per heavy atom. The van der Waals surface area contributed by atoms with Crippen molar-refractivity contribution < 1.29 is 14.3 Å². The van der Waals surface area contributed by atoms with E-state index in [1.54, 1.807) is 47.3 Å². The maximum Gasteiger partial charge on any atom is 0.229 e. The number of nitrogens with one attached hydrogen (secondary N) is 1. The van der Waals surface area contributed by atoms with Crippen molar-refractivity contribution in [1.82, 2.24) is 14.8 Å². The average Bonchev–Trinajstić information content (AvgIpc) is 3.39. The second-order valence-corrected chi connectivity index (χ2v) is 6.48. The first-order chi connectivity index (χ1) is 13.6. The number of nitrogens with zero attached hydrogens (tertiary/aromatic N) is 4. The molecule has 1 aromatic heterocycles. The lowest BCUT2D eigenvalue weighted by atomic mass is 10.1. The minimum absolute atomic E-state index is 0.0631. The molecule has 0 radical (unpaired) electrons. The van der Waals surface area contributed by atoms with Crippen LogP contribution in [-0.2, 0) is 9.59 Å². The van der Waals surface area contributed by atoms with Gasteiger partial charge >= 0.3 is 0 Å². The first-order valence-corrected chi connectivity index (χ1v) is 8.84. The number of aromatic nitrogens is 3. The Morgan fingerprint density at radius 3 is 2.46 bits per heavy atom. The average molecular weight is 377 g/mol. The zero-order chi connectivity index (χ0) is 19.5. The Kier molecular flexibility index (Phi) is 4.76. The Bertz CT molecular complexity index is 968. The fourth-order valence-electron chi connectivity index (χ4n) is 3.18. The van der Waals surface area contributed by atoms with Crippen LogP contribution < -0.4 is 15.0 Å². The standard InChI is InChI=1S/C20H19N5O3/c1-28-18-8-6-16(7-9-18)24-11-14(10-19(24)26)20(27)23-15-2-4-17(5-3-15)25-13-21-12-22-25/h2-9,12-14H,10-11H2,1H3,(H,23,27). The van der Waals surface area contributed by atoms with E-state index in [1.165, 1.54) is 6.33 Å². The van der Waals surface area contributed by atoms with Gasteiger partial charge in [-0.05, 0) is 48.5 Å². The SMILES string of the molecule is COc1ccc(N2CC(C(=O)Nc3ccc(-n4cncn4)cc3)CC2=O)cc1. The summed E-state index contributed by atoms with van der Waals surface area (Å²) in [6.45, 7) is 0.355. The van der Waals surface area contributed by atoms with E-state index in [0.29, 0.717) is 12.2 Å². The van der Waals surface area contributed by atoms with Crippen molar-refractivity contribution in [3.63, 3.8) is 0 Å². The van der Waals surface area contributed by atoms with Crippen LogP contribution in [0.5, 0.6) is 5.75 Å². The Hall–Kier alpha value is -3.68. The molecule has 4 rings (SSSR count). The quantitative estimate of drug-likeness (QED) is 0.737. The van der Waals surface area contributed by atoms with Crippen molar-refractivity contribution >= 4 is 23.2 Å². The number of benzene rings is 2. The van der Waals surface area contributed by atoms with Gasteiger partial charge in [0.25, 0.3) is 0 Å². The van der Waals surface area contributed by atoms with E-state index in [-0.39, 0.29) is 18.2 Å². The minimum Gasteiger partial charge on any atom is -0.497 e. The largest absolute Gasteiger partial charge is 0.497 e. The zero-order valence-corrected chi connectivity index (χ0v) is 15.3. The van der Waals surface area contributed by atoms with Crippen LogP contribution in [-0.4, -0.2) is 40.2 Å². The summed E-state index contributed by atoms with van der Waals surface area (Å²) in [6.07, 6.45) is 3.25. The lowest BCUT2D eigenvalue weighted by Crippen LogP contribution is -2.28. The third-order valence-electron chi connectivity index (χ3n) is 4.70. The summed E-state index contributed by atoms with van der Waals surface area (Å²) >= 11 is 0. The molecule has 2 heterocycles. The summed E-state index contributed by atoms with van der Waals surface area (Å²) < 4.78 is 6.77. The van der Waals surface area contributed by atoms with Crippen molar-refractivity contribution in [3.05, 3.63) is 61.2 Å². The molecule has 1 aliphatic heterocycles. The van der Waals surface area contributed by atoms with Crippen LogP contribution in [0.2, 0.25) is 0 Å². The van der Waals surface area contributed by atoms with Crippen LogP contribution in [0.1, 0.15) is 6.42 Å². The molecule has 1 atom stereocenters. The molecule has 0 saturated carbocycles. The summed E-state index contributed by atoms with van der Waals surface area (Å²) in [5.41, 5.74) is 2.28. The normalized spacial score (nSPS) is 16.2. The van der Waals surface area contributed by atoms with Gasteiger partial charge in [-0.15, -0.1) is 0 Å². The Labute approximate surface area is 161 Å².